The number of fused-ring (bicyclic) bond motifs is 1. The minimum absolute atomic E-state index is 0.342. The fourth-order valence-corrected chi connectivity index (χ4v) is 2.20. The van der Waals surface area contributed by atoms with E-state index in [0.717, 1.165) is 6.42 Å². The summed E-state index contributed by atoms with van der Waals surface area (Å²) in [4.78, 5) is 25.2. The molecule has 17 heavy (non-hydrogen) atoms. The topological polar surface area (TPSA) is 37.4 Å². The highest BCUT2D eigenvalue weighted by Gasteiger charge is 2.37. The van der Waals surface area contributed by atoms with E-state index in [0.29, 0.717) is 28.7 Å². The molecule has 0 fully saturated rings. The van der Waals surface area contributed by atoms with E-state index in [1.54, 1.807) is 18.2 Å². The zero-order valence-electron chi connectivity index (χ0n) is 9.87. The van der Waals surface area contributed by atoms with Crippen LogP contribution in [0.5, 0.6) is 0 Å². The molecular formula is C13H14ClNO2. The number of hydrogen-bond acceptors (Lipinski definition) is 2. The van der Waals surface area contributed by atoms with Gasteiger partial charge in [-0.2, -0.15) is 0 Å². The molecule has 1 unspecified atom stereocenters. The molecule has 0 aliphatic carbocycles. The third-order valence-electron chi connectivity index (χ3n) is 3.13. The number of hydrogen-bond donors (Lipinski definition) is 0. The molecule has 1 aromatic rings. The number of halogens is 1. The van der Waals surface area contributed by atoms with E-state index in [9.17, 15) is 9.59 Å². The van der Waals surface area contributed by atoms with Gasteiger partial charge in [0.2, 0.25) is 0 Å². The second kappa shape index (κ2) is 4.49. The van der Waals surface area contributed by atoms with E-state index < -0.39 is 11.7 Å². The van der Waals surface area contributed by atoms with Crippen molar-refractivity contribution >= 4 is 29.0 Å². The van der Waals surface area contributed by atoms with Crippen molar-refractivity contribution in [2.45, 2.75) is 20.3 Å². The quantitative estimate of drug-likeness (QED) is 0.775. The number of benzene rings is 1. The van der Waals surface area contributed by atoms with Crippen LogP contribution in [-0.2, 0) is 4.79 Å². The van der Waals surface area contributed by atoms with E-state index in [2.05, 4.69) is 6.92 Å². The Hall–Kier alpha value is -1.35. The van der Waals surface area contributed by atoms with Gasteiger partial charge < -0.3 is 4.90 Å². The molecule has 90 valence electrons. The fraction of sp³-hybridized carbons (Fsp3) is 0.385. The molecule has 0 saturated carbocycles. The van der Waals surface area contributed by atoms with Crippen LogP contribution < -0.4 is 4.90 Å². The van der Waals surface area contributed by atoms with E-state index in [1.807, 2.05) is 6.92 Å². The van der Waals surface area contributed by atoms with Gasteiger partial charge in [0.25, 0.3) is 11.7 Å². The largest absolute Gasteiger partial charge is 0.303 e. The van der Waals surface area contributed by atoms with Gasteiger partial charge in [0.1, 0.15) is 0 Å². The molecule has 1 atom stereocenters. The van der Waals surface area contributed by atoms with Gasteiger partial charge in [-0.05, 0) is 18.1 Å². The zero-order valence-corrected chi connectivity index (χ0v) is 10.6. The highest BCUT2D eigenvalue weighted by atomic mass is 35.5. The smallest absolute Gasteiger partial charge is 0.299 e. The van der Waals surface area contributed by atoms with Crippen molar-refractivity contribution in [2.24, 2.45) is 5.92 Å². The maximum atomic E-state index is 11.9. The summed E-state index contributed by atoms with van der Waals surface area (Å²) in [5.41, 5.74) is 0.996. The molecule has 0 N–H and O–H groups in total. The van der Waals surface area contributed by atoms with Crippen LogP contribution in [0.25, 0.3) is 0 Å². The van der Waals surface area contributed by atoms with Gasteiger partial charge in [-0.25, -0.2) is 0 Å². The van der Waals surface area contributed by atoms with Crippen LogP contribution >= 0.6 is 11.6 Å². The van der Waals surface area contributed by atoms with Crippen LogP contribution in [0.15, 0.2) is 18.2 Å². The van der Waals surface area contributed by atoms with E-state index in [1.165, 1.54) is 4.90 Å². The molecule has 1 aliphatic heterocycles. The minimum atomic E-state index is -0.464. The Kier molecular flexibility index (Phi) is 3.20. The van der Waals surface area contributed by atoms with Crippen molar-refractivity contribution in [3.05, 3.63) is 28.8 Å². The third kappa shape index (κ3) is 1.95. The number of nitrogens with zero attached hydrogens (tertiary/aromatic N) is 1. The summed E-state index contributed by atoms with van der Waals surface area (Å²) < 4.78 is 0. The first-order chi connectivity index (χ1) is 8.06. The second-order valence-electron chi connectivity index (χ2n) is 4.39. The van der Waals surface area contributed by atoms with Crippen LogP contribution in [0, 0.1) is 5.92 Å². The molecule has 2 rings (SSSR count). The molecule has 0 spiro atoms. The van der Waals surface area contributed by atoms with Gasteiger partial charge in [0, 0.05) is 6.54 Å². The summed E-state index contributed by atoms with van der Waals surface area (Å²) in [6.07, 6.45) is 0.956. The molecule has 0 aromatic heterocycles. The first-order valence-electron chi connectivity index (χ1n) is 5.71. The lowest BCUT2D eigenvalue weighted by Gasteiger charge is -2.21. The summed E-state index contributed by atoms with van der Waals surface area (Å²) in [6.45, 7) is 4.64. The molecule has 0 bridgehead atoms. The van der Waals surface area contributed by atoms with E-state index >= 15 is 0 Å². The molecule has 4 heteroatoms. The molecule has 1 aromatic carbocycles. The van der Waals surface area contributed by atoms with Gasteiger partial charge in [-0.3, -0.25) is 9.59 Å². The monoisotopic (exact) mass is 251 g/mol. The molecule has 0 saturated heterocycles. The number of Topliss-reactive ketones (excluding diaryl/α,β-unsaturated/α-hetero) is 1. The number of anilines is 1. The maximum Gasteiger partial charge on any atom is 0.299 e. The fourth-order valence-electron chi connectivity index (χ4n) is 1.93. The predicted octanol–water partition coefficient (Wildman–Crippen LogP) is 2.92. The van der Waals surface area contributed by atoms with Gasteiger partial charge >= 0.3 is 0 Å². The Labute approximate surface area is 105 Å². The summed E-state index contributed by atoms with van der Waals surface area (Å²) >= 11 is 6.08. The van der Waals surface area contributed by atoms with Crippen molar-refractivity contribution in [1.29, 1.82) is 0 Å². The number of para-hydroxylation sites is 1. The normalized spacial score (nSPS) is 16.3. The van der Waals surface area contributed by atoms with Gasteiger partial charge in [0.15, 0.2) is 0 Å². The summed E-state index contributed by atoms with van der Waals surface area (Å²) in [6, 6.07) is 5.05. The van der Waals surface area contributed by atoms with Gasteiger partial charge in [0.05, 0.1) is 16.3 Å². The van der Waals surface area contributed by atoms with Gasteiger partial charge in [-0.15, -0.1) is 0 Å². The Morgan fingerprint density at radius 2 is 2.06 bits per heavy atom. The third-order valence-corrected chi connectivity index (χ3v) is 3.44. The van der Waals surface area contributed by atoms with Crippen LogP contribution in [-0.4, -0.2) is 18.2 Å². The van der Waals surface area contributed by atoms with Crippen molar-refractivity contribution in [3.63, 3.8) is 0 Å². The van der Waals surface area contributed by atoms with Crippen molar-refractivity contribution < 1.29 is 9.59 Å². The van der Waals surface area contributed by atoms with Crippen LogP contribution in [0.2, 0.25) is 5.02 Å². The van der Waals surface area contributed by atoms with E-state index in [4.69, 9.17) is 11.6 Å². The first kappa shape index (κ1) is 12.1. The van der Waals surface area contributed by atoms with Crippen molar-refractivity contribution in [2.75, 3.05) is 11.4 Å². The second-order valence-corrected chi connectivity index (χ2v) is 4.80. The summed E-state index contributed by atoms with van der Waals surface area (Å²) in [5, 5.41) is 0.463. The summed E-state index contributed by atoms with van der Waals surface area (Å²) in [7, 11) is 0. The van der Waals surface area contributed by atoms with Crippen LogP contribution in [0.1, 0.15) is 30.6 Å². The number of amides is 1. The molecule has 1 heterocycles. The molecule has 1 aliphatic rings. The Balaban J connectivity index is 2.43. The Morgan fingerprint density at radius 3 is 2.71 bits per heavy atom. The Bertz CT molecular complexity index is 484. The number of rotatable bonds is 3. The van der Waals surface area contributed by atoms with Crippen molar-refractivity contribution in [3.8, 4) is 0 Å². The SMILES string of the molecule is CCC(C)CN1C(=O)C(=O)c2cccc(Cl)c21. The average Bonchev–Trinajstić information content (AvgIpc) is 2.56. The standard InChI is InChI=1S/C13H14ClNO2/c1-3-8(2)7-15-11-9(12(16)13(15)17)5-4-6-10(11)14/h4-6,8H,3,7H2,1-2H3. The molecule has 0 radical (unpaired) electrons. The minimum Gasteiger partial charge on any atom is -0.303 e. The molecule has 1 amide bonds. The summed E-state index contributed by atoms with van der Waals surface area (Å²) in [5.74, 6) is -0.576. The van der Waals surface area contributed by atoms with Crippen LogP contribution in [0.4, 0.5) is 5.69 Å². The number of carbonyl (C=O) groups excluding carboxylic acids is 2. The number of carbonyl (C=O) groups is 2. The molecular weight excluding hydrogens is 238 g/mol. The van der Waals surface area contributed by atoms with E-state index in [-0.39, 0.29) is 0 Å². The highest BCUT2D eigenvalue weighted by Crippen LogP contribution is 2.36. The zero-order chi connectivity index (χ0) is 12.6. The van der Waals surface area contributed by atoms with Gasteiger partial charge in [-0.1, -0.05) is 37.9 Å². The Morgan fingerprint density at radius 1 is 1.35 bits per heavy atom. The lowest BCUT2D eigenvalue weighted by molar-refractivity contribution is -0.114. The lowest BCUT2D eigenvalue weighted by atomic mass is 10.1. The lowest BCUT2D eigenvalue weighted by Crippen LogP contribution is -2.33. The maximum absolute atomic E-state index is 11.9. The average molecular weight is 252 g/mol. The highest BCUT2D eigenvalue weighted by molar-refractivity contribution is 6.54. The first-order valence-corrected chi connectivity index (χ1v) is 6.08. The number of ketones is 1. The molecule has 3 nitrogen and oxygen atoms in total. The van der Waals surface area contributed by atoms with Crippen molar-refractivity contribution in [1.82, 2.24) is 0 Å². The predicted molar refractivity (Wildman–Crippen MR) is 67.6 cm³/mol. The van der Waals surface area contributed by atoms with Crippen LogP contribution in [0.3, 0.4) is 0 Å².